The van der Waals surface area contributed by atoms with E-state index in [-0.39, 0.29) is 5.78 Å². The molecule has 0 spiro atoms. The highest BCUT2D eigenvalue weighted by Crippen LogP contribution is 2.11. The van der Waals surface area contributed by atoms with Crippen LogP contribution in [0.5, 0.6) is 0 Å². The largest absolute Gasteiger partial charge is 0.279 e. The Kier molecular flexibility index (Phi) is 5.69. The average molecular weight is 399 g/mol. The molecule has 0 fully saturated rings. The van der Waals surface area contributed by atoms with Crippen molar-refractivity contribution in [3.05, 3.63) is 105 Å². The first-order valence-corrected chi connectivity index (χ1v) is 8.91. The number of hydrogen-bond acceptors (Lipinski definition) is 1. The molecule has 0 radical (unpaired) electrons. The van der Waals surface area contributed by atoms with Gasteiger partial charge in [-0.05, 0) is 61.4 Å². The number of benzene rings is 3. The summed E-state index contributed by atoms with van der Waals surface area (Å²) in [5.41, 5.74) is 4.08. The lowest BCUT2D eigenvalue weighted by Gasteiger charge is -1.98. The van der Waals surface area contributed by atoms with Crippen molar-refractivity contribution in [2.75, 3.05) is 0 Å². The molecule has 0 N–H and O–H groups in total. The van der Waals surface area contributed by atoms with Gasteiger partial charge in [0, 0.05) is 26.7 Å². The molecule has 0 aliphatic carbocycles. The van der Waals surface area contributed by atoms with Gasteiger partial charge in [-0.15, -0.1) is 0 Å². The van der Waals surface area contributed by atoms with Crippen LogP contribution >= 0.6 is 15.9 Å². The predicted octanol–water partition coefficient (Wildman–Crippen LogP) is 5.39. The maximum absolute atomic E-state index is 12.5. The Labute approximate surface area is 162 Å². The lowest BCUT2D eigenvalue weighted by Crippen LogP contribution is -1.98. The van der Waals surface area contributed by atoms with Gasteiger partial charge in [-0.2, -0.15) is 0 Å². The standard InChI is InChI=1S/C24H15BrO/c1-18-6-8-19(9-7-18)13-17-24(26)23-5-3-2-4-21(23)14-10-20-11-15-22(25)16-12-20/h2-9,11-12,15-16H,1H3. The Balaban J connectivity index is 1.86. The zero-order valence-corrected chi connectivity index (χ0v) is 15.8. The van der Waals surface area contributed by atoms with E-state index in [2.05, 4.69) is 39.6 Å². The van der Waals surface area contributed by atoms with Crippen LogP contribution in [-0.2, 0) is 0 Å². The topological polar surface area (TPSA) is 17.1 Å². The van der Waals surface area contributed by atoms with E-state index in [4.69, 9.17) is 0 Å². The minimum atomic E-state index is -0.230. The van der Waals surface area contributed by atoms with Crippen LogP contribution in [0.3, 0.4) is 0 Å². The van der Waals surface area contributed by atoms with Crippen molar-refractivity contribution in [1.82, 2.24) is 0 Å². The third-order valence-electron chi connectivity index (χ3n) is 3.73. The van der Waals surface area contributed by atoms with Gasteiger partial charge in [-0.1, -0.05) is 63.5 Å². The van der Waals surface area contributed by atoms with Crippen LogP contribution in [-0.4, -0.2) is 5.78 Å². The molecule has 0 atom stereocenters. The molecule has 0 heterocycles. The van der Waals surface area contributed by atoms with Crippen molar-refractivity contribution in [3.8, 4) is 23.7 Å². The molecule has 1 nitrogen and oxygen atoms in total. The summed E-state index contributed by atoms with van der Waals surface area (Å²) in [4.78, 5) is 12.5. The molecule has 0 unspecified atom stereocenters. The fraction of sp³-hybridized carbons (Fsp3) is 0.0417. The van der Waals surface area contributed by atoms with Crippen LogP contribution in [0.15, 0.2) is 77.3 Å². The number of ketones is 1. The van der Waals surface area contributed by atoms with E-state index in [0.717, 1.165) is 21.2 Å². The quantitative estimate of drug-likeness (QED) is 0.396. The molecule has 3 rings (SSSR count). The van der Waals surface area contributed by atoms with Gasteiger partial charge in [0.15, 0.2) is 0 Å². The van der Waals surface area contributed by atoms with Crippen LogP contribution in [0.4, 0.5) is 0 Å². The van der Waals surface area contributed by atoms with Crippen LogP contribution in [0, 0.1) is 30.6 Å². The Hall–Kier alpha value is -3.07. The predicted molar refractivity (Wildman–Crippen MR) is 109 cm³/mol. The van der Waals surface area contributed by atoms with E-state index in [1.807, 2.05) is 73.7 Å². The number of aryl methyl sites for hydroxylation is 1. The Morgan fingerprint density at radius 2 is 1.38 bits per heavy atom. The van der Waals surface area contributed by atoms with E-state index >= 15 is 0 Å². The van der Waals surface area contributed by atoms with Crippen molar-refractivity contribution in [2.45, 2.75) is 6.92 Å². The van der Waals surface area contributed by atoms with Crippen LogP contribution in [0.2, 0.25) is 0 Å². The van der Waals surface area contributed by atoms with Gasteiger partial charge in [0.25, 0.3) is 0 Å². The van der Waals surface area contributed by atoms with Crippen molar-refractivity contribution in [2.24, 2.45) is 0 Å². The van der Waals surface area contributed by atoms with Crippen LogP contribution in [0.25, 0.3) is 0 Å². The molecule has 2 heteroatoms. The summed E-state index contributed by atoms with van der Waals surface area (Å²) in [6.45, 7) is 2.02. The van der Waals surface area contributed by atoms with Gasteiger partial charge in [-0.3, -0.25) is 4.79 Å². The number of hydrogen-bond donors (Lipinski definition) is 0. The van der Waals surface area contributed by atoms with E-state index in [0.29, 0.717) is 11.1 Å². The third kappa shape index (κ3) is 4.73. The van der Waals surface area contributed by atoms with Crippen LogP contribution < -0.4 is 0 Å². The maximum atomic E-state index is 12.5. The summed E-state index contributed by atoms with van der Waals surface area (Å²) in [6.07, 6.45) is 0. The summed E-state index contributed by atoms with van der Waals surface area (Å²) in [5, 5.41) is 0. The van der Waals surface area contributed by atoms with Crippen molar-refractivity contribution < 1.29 is 4.79 Å². The highest BCUT2D eigenvalue weighted by molar-refractivity contribution is 9.10. The molecule has 0 aromatic heterocycles. The summed E-state index contributed by atoms with van der Waals surface area (Å²) in [5.74, 6) is 11.6. The van der Waals surface area contributed by atoms with E-state index in [1.165, 1.54) is 0 Å². The van der Waals surface area contributed by atoms with Crippen LogP contribution in [0.1, 0.15) is 32.6 Å². The first-order chi connectivity index (χ1) is 12.6. The first-order valence-electron chi connectivity index (χ1n) is 8.11. The molecule has 3 aromatic rings. The van der Waals surface area contributed by atoms with Gasteiger partial charge in [0.1, 0.15) is 0 Å². The van der Waals surface area contributed by atoms with Crippen molar-refractivity contribution in [1.29, 1.82) is 0 Å². The normalized spacial score (nSPS) is 9.46. The second-order valence-corrected chi connectivity index (χ2v) is 6.66. The van der Waals surface area contributed by atoms with Gasteiger partial charge in [-0.25, -0.2) is 0 Å². The molecular weight excluding hydrogens is 384 g/mol. The fourth-order valence-corrected chi connectivity index (χ4v) is 2.56. The molecule has 0 aliphatic heterocycles. The monoisotopic (exact) mass is 398 g/mol. The maximum Gasteiger partial charge on any atom is 0.237 e. The molecule has 26 heavy (non-hydrogen) atoms. The van der Waals surface area contributed by atoms with Gasteiger partial charge in [0.2, 0.25) is 5.78 Å². The molecule has 0 saturated carbocycles. The molecule has 0 saturated heterocycles. The molecule has 0 bridgehead atoms. The third-order valence-corrected chi connectivity index (χ3v) is 4.26. The smallest absolute Gasteiger partial charge is 0.237 e. The summed E-state index contributed by atoms with van der Waals surface area (Å²) in [6, 6.07) is 22.8. The lowest BCUT2D eigenvalue weighted by molar-refractivity contribution is 0.105. The second kappa shape index (κ2) is 8.34. The molecule has 3 aromatic carbocycles. The highest BCUT2D eigenvalue weighted by Gasteiger charge is 2.06. The number of rotatable bonds is 1. The molecule has 124 valence electrons. The summed E-state index contributed by atoms with van der Waals surface area (Å²) in [7, 11) is 0. The van der Waals surface area contributed by atoms with E-state index in [1.54, 1.807) is 6.07 Å². The molecule has 0 aliphatic rings. The van der Waals surface area contributed by atoms with E-state index < -0.39 is 0 Å². The SMILES string of the molecule is Cc1ccc(C#CC(=O)c2ccccc2C#Cc2ccc(Br)cc2)cc1. The second-order valence-electron chi connectivity index (χ2n) is 5.75. The minimum Gasteiger partial charge on any atom is -0.279 e. The Morgan fingerprint density at radius 3 is 2.12 bits per heavy atom. The van der Waals surface area contributed by atoms with E-state index in [9.17, 15) is 4.79 Å². The summed E-state index contributed by atoms with van der Waals surface area (Å²) >= 11 is 3.40. The fourth-order valence-electron chi connectivity index (χ4n) is 2.30. The zero-order valence-electron chi connectivity index (χ0n) is 14.2. The first kappa shape index (κ1) is 17.7. The van der Waals surface area contributed by atoms with Gasteiger partial charge >= 0.3 is 0 Å². The number of carbonyl (C=O) groups is 1. The van der Waals surface area contributed by atoms with Gasteiger partial charge in [0.05, 0.1) is 0 Å². The average Bonchev–Trinajstić information content (AvgIpc) is 2.67. The highest BCUT2D eigenvalue weighted by atomic mass is 79.9. The lowest BCUT2D eigenvalue weighted by atomic mass is 10.0. The number of carbonyl (C=O) groups excluding carboxylic acids is 1. The van der Waals surface area contributed by atoms with Crippen molar-refractivity contribution in [3.63, 3.8) is 0 Å². The zero-order chi connectivity index (χ0) is 18.4. The Morgan fingerprint density at radius 1 is 0.769 bits per heavy atom. The number of halogens is 1. The summed E-state index contributed by atoms with van der Waals surface area (Å²) < 4.78 is 1.00. The van der Waals surface area contributed by atoms with Crippen molar-refractivity contribution >= 4 is 21.7 Å². The van der Waals surface area contributed by atoms with Gasteiger partial charge < -0.3 is 0 Å². The Bertz CT molecular complexity index is 1050. The molecular formula is C24H15BrO. The molecule has 0 amide bonds. The number of Topliss-reactive ketones (excluding diaryl/α,β-unsaturated/α-hetero) is 1. The minimum absolute atomic E-state index is 0.230.